The first-order valence-corrected chi connectivity index (χ1v) is 4.58. The van der Waals surface area contributed by atoms with Crippen LogP contribution in [0.25, 0.3) is 0 Å². The average Bonchev–Trinajstić information content (AvgIpc) is 2.10. The smallest absolute Gasteiger partial charge is 0.409 e. The Hall–Kier alpha value is -1.30. The molecule has 0 bridgehead atoms. The van der Waals surface area contributed by atoms with Crippen molar-refractivity contribution in [2.75, 3.05) is 26.2 Å². The molecule has 1 aliphatic rings. The Morgan fingerprint density at radius 3 is 2.71 bits per heavy atom. The first kappa shape index (κ1) is 10.8. The second-order valence-corrected chi connectivity index (χ2v) is 3.07. The summed E-state index contributed by atoms with van der Waals surface area (Å²) in [6, 6.07) is 0.0236. The van der Waals surface area contributed by atoms with Crippen LogP contribution in [0.4, 0.5) is 4.79 Å². The molecule has 6 nitrogen and oxygen atoms in total. The van der Waals surface area contributed by atoms with Crippen molar-refractivity contribution in [1.29, 1.82) is 0 Å². The van der Waals surface area contributed by atoms with E-state index in [1.54, 1.807) is 6.92 Å². The maximum Gasteiger partial charge on any atom is 0.409 e. The largest absolute Gasteiger partial charge is 0.450 e. The van der Waals surface area contributed by atoms with E-state index in [9.17, 15) is 9.59 Å². The Morgan fingerprint density at radius 1 is 1.57 bits per heavy atom. The van der Waals surface area contributed by atoms with E-state index in [4.69, 9.17) is 10.5 Å². The van der Waals surface area contributed by atoms with Gasteiger partial charge in [-0.1, -0.05) is 0 Å². The van der Waals surface area contributed by atoms with E-state index in [1.165, 1.54) is 4.90 Å². The maximum absolute atomic E-state index is 11.1. The van der Waals surface area contributed by atoms with Gasteiger partial charge in [-0.15, -0.1) is 0 Å². The summed E-state index contributed by atoms with van der Waals surface area (Å²) in [6.45, 7) is 3.12. The SMILES string of the molecule is CCOC(=O)N1CC(NC(=O)CN)C1. The van der Waals surface area contributed by atoms with Crippen LogP contribution in [0.5, 0.6) is 0 Å². The molecule has 6 heteroatoms. The number of rotatable bonds is 3. The summed E-state index contributed by atoms with van der Waals surface area (Å²) in [7, 11) is 0. The lowest BCUT2D eigenvalue weighted by Crippen LogP contribution is -2.61. The van der Waals surface area contributed by atoms with Crippen molar-refractivity contribution in [3.8, 4) is 0 Å². The zero-order valence-corrected chi connectivity index (χ0v) is 8.16. The molecule has 0 atom stereocenters. The molecule has 0 aromatic heterocycles. The van der Waals surface area contributed by atoms with E-state index < -0.39 is 0 Å². The predicted molar refractivity (Wildman–Crippen MR) is 49.6 cm³/mol. The Balaban J connectivity index is 2.17. The minimum Gasteiger partial charge on any atom is -0.450 e. The first-order chi connectivity index (χ1) is 6.67. The van der Waals surface area contributed by atoms with Crippen LogP contribution in [0.15, 0.2) is 0 Å². The van der Waals surface area contributed by atoms with Gasteiger partial charge in [-0.05, 0) is 6.92 Å². The summed E-state index contributed by atoms with van der Waals surface area (Å²) in [4.78, 5) is 23.5. The Labute approximate surface area is 82.4 Å². The van der Waals surface area contributed by atoms with Crippen LogP contribution in [-0.4, -0.2) is 49.2 Å². The fourth-order valence-corrected chi connectivity index (χ4v) is 1.22. The van der Waals surface area contributed by atoms with Crippen molar-refractivity contribution < 1.29 is 14.3 Å². The van der Waals surface area contributed by atoms with Gasteiger partial charge >= 0.3 is 6.09 Å². The summed E-state index contributed by atoms with van der Waals surface area (Å²) in [5.41, 5.74) is 5.12. The van der Waals surface area contributed by atoms with Gasteiger partial charge in [0.1, 0.15) is 0 Å². The molecule has 0 saturated carbocycles. The number of ether oxygens (including phenoxy) is 1. The number of nitrogens with two attached hydrogens (primary N) is 1. The summed E-state index contributed by atoms with van der Waals surface area (Å²) >= 11 is 0. The van der Waals surface area contributed by atoms with Gasteiger partial charge in [-0.25, -0.2) is 4.79 Å². The highest BCUT2D eigenvalue weighted by molar-refractivity contribution is 5.78. The molecular weight excluding hydrogens is 186 g/mol. The highest BCUT2D eigenvalue weighted by atomic mass is 16.6. The molecule has 0 unspecified atom stereocenters. The van der Waals surface area contributed by atoms with Crippen LogP contribution in [-0.2, 0) is 9.53 Å². The normalized spacial score (nSPS) is 16.0. The summed E-state index contributed by atoms with van der Waals surface area (Å²) in [5.74, 6) is -0.196. The highest BCUT2D eigenvalue weighted by Crippen LogP contribution is 2.08. The lowest BCUT2D eigenvalue weighted by Gasteiger charge is -2.38. The van der Waals surface area contributed by atoms with Crippen LogP contribution < -0.4 is 11.1 Å². The highest BCUT2D eigenvalue weighted by Gasteiger charge is 2.32. The van der Waals surface area contributed by atoms with Crippen molar-refractivity contribution in [1.82, 2.24) is 10.2 Å². The van der Waals surface area contributed by atoms with E-state index in [1.807, 2.05) is 0 Å². The fraction of sp³-hybridized carbons (Fsp3) is 0.750. The lowest BCUT2D eigenvalue weighted by atomic mass is 10.1. The van der Waals surface area contributed by atoms with Gasteiger partial charge in [0.25, 0.3) is 0 Å². The number of hydrogen-bond acceptors (Lipinski definition) is 4. The zero-order valence-electron chi connectivity index (χ0n) is 8.16. The molecule has 0 aromatic carbocycles. The van der Waals surface area contributed by atoms with Gasteiger partial charge in [0.2, 0.25) is 5.91 Å². The number of likely N-dealkylation sites (tertiary alicyclic amines) is 1. The van der Waals surface area contributed by atoms with Crippen LogP contribution in [0, 0.1) is 0 Å². The van der Waals surface area contributed by atoms with Crippen molar-refractivity contribution in [3.63, 3.8) is 0 Å². The summed E-state index contributed by atoms with van der Waals surface area (Å²) in [5, 5.41) is 2.68. The molecule has 1 aliphatic heterocycles. The number of nitrogens with zero attached hydrogens (tertiary/aromatic N) is 1. The van der Waals surface area contributed by atoms with Crippen LogP contribution in [0.2, 0.25) is 0 Å². The van der Waals surface area contributed by atoms with Gasteiger partial charge in [0, 0.05) is 13.1 Å². The van der Waals surface area contributed by atoms with Crippen LogP contribution in [0.1, 0.15) is 6.92 Å². The number of carbonyl (C=O) groups is 2. The molecule has 2 amide bonds. The van der Waals surface area contributed by atoms with Gasteiger partial charge < -0.3 is 20.7 Å². The monoisotopic (exact) mass is 201 g/mol. The van der Waals surface area contributed by atoms with Crippen molar-refractivity contribution in [2.45, 2.75) is 13.0 Å². The Kier molecular flexibility index (Phi) is 3.70. The Bertz CT molecular complexity index is 226. The number of amides is 2. The summed E-state index contributed by atoms with van der Waals surface area (Å²) in [6.07, 6.45) is -0.328. The number of nitrogens with one attached hydrogen (secondary N) is 1. The van der Waals surface area contributed by atoms with Gasteiger partial charge in [-0.3, -0.25) is 4.79 Å². The molecule has 1 heterocycles. The molecule has 3 N–H and O–H groups in total. The van der Waals surface area contributed by atoms with Crippen molar-refractivity contribution >= 4 is 12.0 Å². The third-order valence-electron chi connectivity index (χ3n) is 1.96. The fourth-order valence-electron chi connectivity index (χ4n) is 1.22. The Morgan fingerprint density at radius 2 is 2.21 bits per heavy atom. The average molecular weight is 201 g/mol. The van der Waals surface area contributed by atoms with E-state index in [0.29, 0.717) is 19.7 Å². The number of hydrogen-bond donors (Lipinski definition) is 2. The minimum atomic E-state index is -0.328. The van der Waals surface area contributed by atoms with Crippen molar-refractivity contribution in [2.24, 2.45) is 5.73 Å². The van der Waals surface area contributed by atoms with Crippen LogP contribution in [0.3, 0.4) is 0 Å². The van der Waals surface area contributed by atoms with Gasteiger partial charge in [0.15, 0.2) is 0 Å². The summed E-state index contributed by atoms with van der Waals surface area (Å²) < 4.78 is 4.78. The molecule has 80 valence electrons. The minimum absolute atomic E-state index is 0.0179. The standard InChI is InChI=1S/C8H15N3O3/c1-2-14-8(13)11-4-6(5-11)10-7(12)3-9/h6H,2-5,9H2,1H3,(H,10,12). The van der Waals surface area contributed by atoms with Gasteiger partial charge in [0.05, 0.1) is 19.2 Å². The molecule has 1 rings (SSSR count). The quantitative estimate of drug-likeness (QED) is 0.607. The second kappa shape index (κ2) is 4.80. The molecule has 1 saturated heterocycles. The molecule has 1 fully saturated rings. The molecule has 0 aromatic rings. The van der Waals surface area contributed by atoms with E-state index in [0.717, 1.165) is 0 Å². The predicted octanol–water partition coefficient (Wildman–Crippen LogP) is -1.10. The maximum atomic E-state index is 11.1. The second-order valence-electron chi connectivity index (χ2n) is 3.07. The third-order valence-corrected chi connectivity index (χ3v) is 1.96. The molecule has 0 spiro atoms. The third kappa shape index (κ3) is 2.59. The van der Waals surface area contributed by atoms with E-state index in [-0.39, 0.29) is 24.6 Å². The number of carbonyl (C=O) groups excluding carboxylic acids is 2. The van der Waals surface area contributed by atoms with E-state index >= 15 is 0 Å². The molecule has 14 heavy (non-hydrogen) atoms. The van der Waals surface area contributed by atoms with Crippen LogP contribution >= 0.6 is 0 Å². The lowest BCUT2D eigenvalue weighted by molar-refractivity contribution is -0.121. The topological polar surface area (TPSA) is 84.7 Å². The molecule has 0 radical (unpaired) electrons. The first-order valence-electron chi connectivity index (χ1n) is 4.58. The molecular formula is C8H15N3O3. The zero-order chi connectivity index (χ0) is 10.6. The van der Waals surface area contributed by atoms with Gasteiger partial charge in [-0.2, -0.15) is 0 Å². The molecule has 0 aliphatic carbocycles. The van der Waals surface area contributed by atoms with E-state index in [2.05, 4.69) is 5.32 Å². The van der Waals surface area contributed by atoms with Crippen molar-refractivity contribution in [3.05, 3.63) is 0 Å².